The van der Waals surface area contributed by atoms with E-state index in [0.29, 0.717) is 69.5 Å². The highest BCUT2D eigenvalue weighted by Crippen LogP contribution is 2.53. The highest BCUT2D eigenvalue weighted by Gasteiger charge is 2.49. The molecule has 3 aliphatic rings. The van der Waals surface area contributed by atoms with Crippen LogP contribution in [0.1, 0.15) is 70.6 Å². The van der Waals surface area contributed by atoms with Crippen LogP contribution in [0.4, 0.5) is 11.4 Å². The van der Waals surface area contributed by atoms with E-state index in [1.165, 1.54) is 0 Å². The number of carbonyl (C=O) groups is 1. The first kappa shape index (κ1) is 42.8. The molecule has 0 radical (unpaired) electrons. The summed E-state index contributed by atoms with van der Waals surface area (Å²) in [7, 11) is 3.83. The van der Waals surface area contributed by atoms with Gasteiger partial charge in [0.25, 0.3) is 0 Å². The molecule has 0 spiro atoms. The Morgan fingerprint density at radius 2 is 1.59 bits per heavy atom. The van der Waals surface area contributed by atoms with Gasteiger partial charge >= 0.3 is 11.6 Å². The zero-order valence-electron chi connectivity index (χ0n) is 35.0. The lowest BCUT2D eigenvalue weighted by Gasteiger charge is -2.36. The maximum atomic E-state index is 13.7. The molecular weight excluding hydrogens is 741 g/mol. The second kappa shape index (κ2) is 18.4. The largest absolute Gasteiger partial charge is 0.618 e. The van der Waals surface area contributed by atoms with Crippen LogP contribution in [0, 0.1) is 16.0 Å². The summed E-state index contributed by atoms with van der Waals surface area (Å²) in [6, 6.07) is 11.5. The number of allylic oxidation sites excluding steroid dienone is 2. The van der Waals surface area contributed by atoms with E-state index < -0.39 is 17.2 Å². The van der Waals surface area contributed by atoms with E-state index in [0.717, 1.165) is 50.4 Å². The minimum absolute atomic E-state index is 0.00976. The van der Waals surface area contributed by atoms with Crippen LogP contribution in [0.25, 0.3) is 22.6 Å². The first-order valence-electron chi connectivity index (χ1n) is 20.2. The third-order valence-electron chi connectivity index (χ3n) is 10.6. The van der Waals surface area contributed by atoms with Crippen LogP contribution in [-0.2, 0) is 34.9 Å². The molecule has 0 saturated heterocycles. The molecule has 58 heavy (non-hydrogen) atoms. The van der Waals surface area contributed by atoms with Crippen molar-refractivity contribution >= 4 is 45.7 Å². The van der Waals surface area contributed by atoms with Crippen LogP contribution < -0.4 is 15.3 Å². The molecule has 0 N–H and O–H groups in total. The molecule has 3 aromatic rings. The summed E-state index contributed by atoms with van der Waals surface area (Å²) in [6.07, 6.45) is 12.3. The first-order valence-corrected chi connectivity index (χ1v) is 20.2. The van der Waals surface area contributed by atoms with Gasteiger partial charge in [-0.25, -0.2) is 4.79 Å². The average molecular weight is 799 g/mol. The topological polar surface area (TPSA) is 132 Å². The van der Waals surface area contributed by atoms with Crippen LogP contribution in [0.5, 0.6) is 5.75 Å². The number of anilines is 1. The fourth-order valence-corrected chi connectivity index (χ4v) is 8.04. The number of fused-ring (bicyclic) bond motifs is 6. The maximum Gasteiger partial charge on any atom is 0.339 e. The molecule has 2 aliphatic heterocycles. The Labute approximate surface area is 341 Å². The van der Waals surface area contributed by atoms with E-state index in [1.54, 1.807) is 6.07 Å². The lowest BCUT2D eigenvalue weighted by Crippen LogP contribution is -2.36. The number of benzene rings is 2. The molecule has 3 heterocycles. The third kappa shape index (κ3) is 10.5. The fourth-order valence-electron chi connectivity index (χ4n) is 8.04. The number of esters is 1. The van der Waals surface area contributed by atoms with E-state index >= 15 is 0 Å². The van der Waals surface area contributed by atoms with Gasteiger partial charge in [-0.2, -0.15) is 4.74 Å². The van der Waals surface area contributed by atoms with Crippen LogP contribution in [0.2, 0.25) is 0 Å². The lowest BCUT2D eigenvalue weighted by atomic mass is 9.65. The molecule has 0 saturated carbocycles. The van der Waals surface area contributed by atoms with Crippen molar-refractivity contribution in [3.05, 3.63) is 93.0 Å². The van der Waals surface area contributed by atoms with Crippen LogP contribution in [0.3, 0.4) is 0 Å². The lowest BCUT2D eigenvalue weighted by molar-refractivity contribution is -0.361. The van der Waals surface area contributed by atoms with E-state index in [2.05, 4.69) is 39.8 Å². The number of ether oxygens (including phenoxy) is 6. The van der Waals surface area contributed by atoms with Crippen molar-refractivity contribution in [2.24, 2.45) is 10.8 Å². The van der Waals surface area contributed by atoms with Gasteiger partial charge < -0.3 is 42.9 Å². The van der Waals surface area contributed by atoms with Crippen molar-refractivity contribution in [2.45, 2.75) is 65.9 Å². The van der Waals surface area contributed by atoms with Gasteiger partial charge in [0.05, 0.1) is 75.0 Å². The zero-order chi connectivity index (χ0) is 41.5. The summed E-state index contributed by atoms with van der Waals surface area (Å²) >= 11 is 0. The summed E-state index contributed by atoms with van der Waals surface area (Å²) in [6.45, 7) is 14.2. The number of aryl methyl sites for hydroxylation is 1. The second-order valence-electron chi connectivity index (χ2n) is 16.9. The van der Waals surface area contributed by atoms with Gasteiger partial charge in [0.1, 0.15) is 23.5 Å². The van der Waals surface area contributed by atoms with Gasteiger partial charge in [0.15, 0.2) is 0 Å². The summed E-state index contributed by atoms with van der Waals surface area (Å²) in [5.41, 5.74) is 5.09. The van der Waals surface area contributed by atoms with Gasteiger partial charge in [-0.1, -0.05) is 32.1 Å². The predicted octanol–water partition coefficient (Wildman–Crippen LogP) is 7.65. The maximum absolute atomic E-state index is 13.7. The smallest absolute Gasteiger partial charge is 0.339 e. The van der Waals surface area contributed by atoms with Crippen molar-refractivity contribution in [1.82, 2.24) is 0 Å². The van der Waals surface area contributed by atoms with Crippen LogP contribution in [-0.4, -0.2) is 95.6 Å². The summed E-state index contributed by atoms with van der Waals surface area (Å²) in [4.78, 5) is 26.5. The average Bonchev–Trinajstić information content (AvgIpc) is 3.45. The standard InChI is InChI=1S/C46H58N2O10/c1-44(2)30-37-35-13-14-38-36(41(35)48(51)42(37)45(3,4)31-44)16-18-46(5,58-38)17-8-9-19-52-20-21-53-22-23-54-24-25-55-26-27-56-40(49)15-11-33-28-32-10-12-34(47(6)7)29-39(32)57-43(33)50/h8-10,12-14,16,18,28-30H,11,15,17,19-27,31H2,1-7H3/b9-8+. The second-order valence-corrected chi connectivity index (χ2v) is 16.9. The van der Waals surface area contributed by atoms with Crippen molar-refractivity contribution < 1.29 is 42.4 Å². The Kier molecular flexibility index (Phi) is 13.6. The molecule has 312 valence electrons. The molecule has 12 heteroatoms. The molecule has 0 fully saturated rings. The Morgan fingerprint density at radius 3 is 2.29 bits per heavy atom. The van der Waals surface area contributed by atoms with Gasteiger partial charge in [0, 0.05) is 49.6 Å². The number of hydrogen-bond donors (Lipinski definition) is 0. The minimum Gasteiger partial charge on any atom is -0.618 e. The van der Waals surface area contributed by atoms with E-state index in [4.69, 9.17) is 32.8 Å². The molecular formula is C46H58N2O10. The molecule has 1 aromatic heterocycles. The van der Waals surface area contributed by atoms with E-state index in [9.17, 15) is 14.8 Å². The van der Waals surface area contributed by atoms with Crippen molar-refractivity contribution in [2.75, 3.05) is 78.5 Å². The normalized spacial score (nSPS) is 18.8. The molecule has 0 bridgehead atoms. The van der Waals surface area contributed by atoms with Crippen LogP contribution in [0.15, 0.2) is 69.9 Å². The molecule has 12 nitrogen and oxygen atoms in total. The molecule has 0 amide bonds. The van der Waals surface area contributed by atoms with Crippen molar-refractivity contribution in [3.63, 3.8) is 0 Å². The molecule has 1 unspecified atom stereocenters. The molecule has 1 atom stereocenters. The highest BCUT2D eigenvalue weighted by atomic mass is 16.6. The third-order valence-corrected chi connectivity index (χ3v) is 10.6. The van der Waals surface area contributed by atoms with Crippen molar-refractivity contribution in [3.8, 4) is 5.75 Å². The van der Waals surface area contributed by atoms with Crippen LogP contribution >= 0.6 is 0 Å². The predicted molar refractivity (Wildman–Crippen MR) is 226 cm³/mol. The SMILES string of the molecule is CN(C)c1ccc2cc(CCC(=O)OCCOCCOCCOCCOC/C=C/CC3(C)C=Cc4c(ccc5c4[N+]([O-])=C4C5=CC(C)(C)CC4(C)C)O3)c(=O)oc2c1. The Bertz CT molecular complexity index is 2140. The summed E-state index contributed by atoms with van der Waals surface area (Å²) in [5.74, 6) is 0.318. The van der Waals surface area contributed by atoms with Crippen molar-refractivity contribution in [1.29, 1.82) is 0 Å². The van der Waals surface area contributed by atoms with Gasteiger partial charge in [0.2, 0.25) is 11.4 Å². The minimum atomic E-state index is -0.537. The first-order chi connectivity index (χ1) is 27.7. The monoisotopic (exact) mass is 798 g/mol. The summed E-state index contributed by atoms with van der Waals surface area (Å²) < 4.78 is 40.6. The number of rotatable bonds is 20. The summed E-state index contributed by atoms with van der Waals surface area (Å²) in [5, 5.41) is 14.5. The number of nitrogens with zero attached hydrogens (tertiary/aromatic N) is 2. The number of carbonyl (C=O) groups excluding carboxylic acids is 1. The van der Waals surface area contributed by atoms with Gasteiger partial charge in [-0.15, -0.1) is 0 Å². The highest BCUT2D eigenvalue weighted by molar-refractivity contribution is 6.28. The molecule has 2 aromatic carbocycles. The van der Waals surface area contributed by atoms with E-state index in [-0.39, 0.29) is 36.9 Å². The Balaban J connectivity index is 0.775. The van der Waals surface area contributed by atoms with E-state index in [1.807, 2.05) is 74.5 Å². The fraction of sp³-hybridized carbons (Fsp3) is 0.500. The van der Waals surface area contributed by atoms with Gasteiger partial charge in [-0.05, 0) is 81.5 Å². The Morgan fingerprint density at radius 1 is 0.897 bits per heavy atom. The molecule has 1 aliphatic carbocycles. The quantitative estimate of drug-likeness (QED) is 0.0279. The van der Waals surface area contributed by atoms with Gasteiger partial charge in [-0.3, -0.25) is 4.79 Å². The number of hydrogen-bond acceptors (Lipinski definition) is 11. The molecule has 6 rings (SSSR count). The Hall–Kier alpha value is -4.75. The zero-order valence-corrected chi connectivity index (χ0v) is 35.0.